The number of nitrogens with zero attached hydrogens (tertiary/aromatic N) is 5. The molecular weight excluding hydrogens is 442 g/mol. The Morgan fingerprint density at radius 2 is 1.51 bits per heavy atom. The minimum atomic E-state index is -0.374. The van der Waals surface area contributed by atoms with Gasteiger partial charge in [-0.15, -0.1) is 0 Å². The Kier molecular flexibility index (Phi) is 6.50. The van der Waals surface area contributed by atoms with Crippen LogP contribution in [0.25, 0.3) is 11.6 Å². The summed E-state index contributed by atoms with van der Waals surface area (Å²) >= 11 is 0. The number of hydrogen-bond acceptors (Lipinski definition) is 5. The normalized spacial score (nSPS) is 10.9. The summed E-state index contributed by atoms with van der Waals surface area (Å²) in [6.07, 6.45) is 0.0613. The average Bonchev–Trinajstić information content (AvgIpc) is 3.27. The maximum absolute atomic E-state index is 12.8. The lowest BCUT2D eigenvalue weighted by Gasteiger charge is -2.10. The van der Waals surface area contributed by atoms with Crippen molar-refractivity contribution in [3.8, 4) is 11.6 Å². The third-order valence-corrected chi connectivity index (χ3v) is 5.94. The SMILES string of the molecule is Cc1cc(C)nc(-n2nc(C)c(CC(=O)NNC(=O)c3cc(C)n(-c4ccccc4)c3C)c2C)n1. The van der Waals surface area contributed by atoms with E-state index in [0.29, 0.717) is 17.2 Å². The number of hydrazine groups is 1. The Morgan fingerprint density at radius 1 is 0.857 bits per heavy atom. The molecule has 2 amide bonds. The largest absolute Gasteiger partial charge is 0.318 e. The third-order valence-electron chi connectivity index (χ3n) is 5.94. The molecule has 4 rings (SSSR count). The van der Waals surface area contributed by atoms with Crippen LogP contribution in [0.15, 0.2) is 42.5 Å². The van der Waals surface area contributed by atoms with E-state index in [1.165, 1.54) is 0 Å². The standard InChI is InChI=1S/C26H29N7O2/c1-15-12-16(2)28-26(27-15)33-20(6)22(18(4)31-33)14-24(34)29-30-25(35)23-13-17(3)32(19(23)5)21-10-8-7-9-11-21/h7-13H,14H2,1-6H3,(H,29,34)(H,30,35). The summed E-state index contributed by atoms with van der Waals surface area (Å²) in [5, 5.41) is 4.53. The van der Waals surface area contributed by atoms with E-state index in [-0.39, 0.29) is 18.2 Å². The minimum absolute atomic E-state index is 0.0613. The van der Waals surface area contributed by atoms with Crippen LogP contribution in [0.2, 0.25) is 0 Å². The third kappa shape index (κ3) is 4.84. The monoisotopic (exact) mass is 471 g/mol. The van der Waals surface area contributed by atoms with E-state index in [0.717, 1.165) is 39.7 Å². The number of benzene rings is 1. The summed E-state index contributed by atoms with van der Waals surface area (Å²) in [4.78, 5) is 34.4. The molecule has 0 spiro atoms. The maximum Gasteiger partial charge on any atom is 0.271 e. The first-order valence-electron chi connectivity index (χ1n) is 11.4. The Labute approximate surface area is 204 Å². The zero-order chi connectivity index (χ0) is 25.3. The van der Waals surface area contributed by atoms with Gasteiger partial charge in [0.25, 0.3) is 11.9 Å². The molecule has 0 fully saturated rings. The lowest BCUT2D eigenvalue weighted by atomic mass is 10.1. The summed E-state index contributed by atoms with van der Waals surface area (Å²) < 4.78 is 3.65. The second-order valence-corrected chi connectivity index (χ2v) is 8.65. The zero-order valence-corrected chi connectivity index (χ0v) is 20.8. The highest BCUT2D eigenvalue weighted by atomic mass is 16.2. The van der Waals surface area contributed by atoms with E-state index in [2.05, 4.69) is 25.9 Å². The van der Waals surface area contributed by atoms with Crippen molar-refractivity contribution in [3.63, 3.8) is 0 Å². The number of nitrogens with one attached hydrogen (secondary N) is 2. The first-order valence-corrected chi connectivity index (χ1v) is 11.4. The maximum atomic E-state index is 12.8. The average molecular weight is 472 g/mol. The zero-order valence-electron chi connectivity index (χ0n) is 20.8. The second kappa shape index (κ2) is 9.54. The molecule has 4 aromatic rings. The molecule has 3 heterocycles. The van der Waals surface area contributed by atoms with Crippen LogP contribution in [0.3, 0.4) is 0 Å². The van der Waals surface area contributed by atoms with Crippen molar-refractivity contribution >= 4 is 11.8 Å². The fourth-order valence-electron chi connectivity index (χ4n) is 4.29. The van der Waals surface area contributed by atoms with Crippen molar-refractivity contribution in [2.75, 3.05) is 0 Å². The Morgan fingerprint density at radius 3 is 2.17 bits per heavy atom. The van der Waals surface area contributed by atoms with Gasteiger partial charge in [-0.25, -0.2) is 14.6 Å². The molecule has 0 radical (unpaired) electrons. The van der Waals surface area contributed by atoms with Crippen molar-refractivity contribution in [3.05, 3.63) is 87.8 Å². The minimum Gasteiger partial charge on any atom is -0.318 e. The van der Waals surface area contributed by atoms with Crippen molar-refractivity contribution in [1.29, 1.82) is 0 Å². The smallest absolute Gasteiger partial charge is 0.271 e. The highest BCUT2D eigenvalue weighted by Gasteiger charge is 2.20. The number of carbonyl (C=O) groups is 2. The lowest BCUT2D eigenvalue weighted by Crippen LogP contribution is -2.42. The molecule has 1 aromatic carbocycles. The molecule has 180 valence electrons. The van der Waals surface area contributed by atoms with Crippen LogP contribution in [0.5, 0.6) is 0 Å². The van der Waals surface area contributed by atoms with Crippen LogP contribution in [-0.2, 0) is 11.2 Å². The van der Waals surface area contributed by atoms with E-state index in [9.17, 15) is 9.59 Å². The van der Waals surface area contributed by atoms with Crippen LogP contribution in [0.4, 0.5) is 0 Å². The summed E-state index contributed by atoms with van der Waals surface area (Å²) in [5.74, 6) is -0.249. The number of amides is 2. The predicted molar refractivity (Wildman–Crippen MR) is 133 cm³/mol. The predicted octanol–water partition coefficient (Wildman–Crippen LogP) is 3.31. The van der Waals surface area contributed by atoms with Gasteiger partial charge >= 0.3 is 0 Å². The van der Waals surface area contributed by atoms with Crippen LogP contribution < -0.4 is 10.9 Å². The van der Waals surface area contributed by atoms with E-state index >= 15 is 0 Å². The lowest BCUT2D eigenvalue weighted by molar-refractivity contribution is -0.121. The molecule has 0 saturated carbocycles. The summed E-state index contributed by atoms with van der Waals surface area (Å²) in [6.45, 7) is 11.3. The van der Waals surface area contributed by atoms with Crippen molar-refractivity contribution in [2.24, 2.45) is 0 Å². The van der Waals surface area contributed by atoms with Crippen LogP contribution in [-0.4, -0.2) is 36.1 Å². The number of para-hydroxylation sites is 1. The van der Waals surface area contributed by atoms with Gasteiger partial charge < -0.3 is 4.57 Å². The summed E-state index contributed by atoms with van der Waals surface area (Å²) in [5.41, 5.74) is 12.2. The fraction of sp³-hybridized carbons (Fsp3) is 0.269. The van der Waals surface area contributed by atoms with Gasteiger partial charge in [0.1, 0.15) is 0 Å². The first kappa shape index (κ1) is 23.9. The highest BCUT2D eigenvalue weighted by Crippen LogP contribution is 2.21. The number of aromatic nitrogens is 5. The number of carbonyl (C=O) groups excluding carboxylic acids is 2. The van der Waals surface area contributed by atoms with E-state index < -0.39 is 0 Å². The van der Waals surface area contributed by atoms with E-state index in [4.69, 9.17) is 0 Å². The quantitative estimate of drug-likeness (QED) is 0.435. The molecule has 9 heteroatoms. The van der Waals surface area contributed by atoms with Crippen LogP contribution >= 0.6 is 0 Å². The van der Waals surface area contributed by atoms with E-state index in [1.54, 1.807) is 4.68 Å². The van der Waals surface area contributed by atoms with E-state index in [1.807, 2.05) is 88.6 Å². The molecule has 2 N–H and O–H groups in total. The summed E-state index contributed by atoms with van der Waals surface area (Å²) in [6, 6.07) is 13.5. The molecule has 0 saturated heterocycles. The first-order chi connectivity index (χ1) is 16.7. The van der Waals surface area contributed by atoms with Crippen LogP contribution in [0.1, 0.15) is 50.1 Å². The van der Waals surface area contributed by atoms with Gasteiger partial charge in [-0.05, 0) is 65.8 Å². The summed E-state index contributed by atoms with van der Waals surface area (Å²) in [7, 11) is 0. The topological polar surface area (TPSA) is 107 Å². The molecule has 0 aliphatic heterocycles. The number of hydrogen-bond donors (Lipinski definition) is 2. The van der Waals surface area contributed by atoms with Gasteiger partial charge in [-0.3, -0.25) is 20.4 Å². The Bertz CT molecular complexity index is 1400. The molecule has 0 bridgehead atoms. The molecule has 0 atom stereocenters. The van der Waals surface area contributed by atoms with Gasteiger partial charge in [0, 0.05) is 39.7 Å². The van der Waals surface area contributed by atoms with Gasteiger partial charge in [-0.1, -0.05) is 18.2 Å². The Balaban J connectivity index is 1.46. The van der Waals surface area contributed by atoms with Crippen molar-refractivity contribution < 1.29 is 9.59 Å². The molecular formula is C26H29N7O2. The molecule has 3 aromatic heterocycles. The molecule has 35 heavy (non-hydrogen) atoms. The highest BCUT2D eigenvalue weighted by molar-refractivity contribution is 5.97. The fourth-order valence-corrected chi connectivity index (χ4v) is 4.29. The van der Waals surface area contributed by atoms with Gasteiger partial charge in [0.05, 0.1) is 17.7 Å². The molecule has 0 unspecified atom stereocenters. The van der Waals surface area contributed by atoms with Crippen molar-refractivity contribution in [2.45, 2.75) is 48.0 Å². The molecule has 0 aliphatic carbocycles. The van der Waals surface area contributed by atoms with Crippen molar-refractivity contribution in [1.82, 2.24) is 35.2 Å². The van der Waals surface area contributed by atoms with Gasteiger partial charge in [0.2, 0.25) is 5.91 Å². The number of aryl methyl sites for hydroxylation is 4. The second-order valence-electron chi connectivity index (χ2n) is 8.65. The van der Waals surface area contributed by atoms with Crippen LogP contribution in [0, 0.1) is 41.5 Å². The molecule has 0 aliphatic rings. The molecule has 9 nitrogen and oxygen atoms in total. The van der Waals surface area contributed by atoms with Gasteiger partial charge in [0.15, 0.2) is 0 Å². The van der Waals surface area contributed by atoms with Gasteiger partial charge in [-0.2, -0.15) is 5.10 Å². The number of rotatable bonds is 5. The Hall–Kier alpha value is -4.27.